The quantitative estimate of drug-likeness (QED) is 0.0984. The Hall–Kier alpha value is -2.16. The van der Waals surface area contributed by atoms with Gasteiger partial charge in [-0.2, -0.15) is 31.3 Å². The molecule has 0 amide bonds. The highest BCUT2D eigenvalue weighted by atomic mass is 32.2. The zero-order chi connectivity index (χ0) is 27.4. The highest BCUT2D eigenvalue weighted by molar-refractivity contribution is 8.02. The van der Waals surface area contributed by atoms with Crippen molar-refractivity contribution in [3.8, 4) is 5.75 Å². The van der Waals surface area contributed by atoms with Crippen molar-refractivity contribution in [2.45, 2.75) is 33.7 Å². The Morgan fingerprint density at radius 1 is 1.08 bits per heavy atom. The minimum Gasteiger partial charge on any atom is -0.497 e. The van der Waals surface area contributed by atoms with Crippen LogP contribution in [0.4, 0.5) is 32.3 Å². The van der Waals surface area contributed by atoms with Crippen molar-refractivity contribution in [1.82, 2.24) is 19.5 Å². The third kappa shape index (κ3) is 8.42. The molecular formula is C20H22F6N5O3PS2. The third-order valence-corrected chi connectivity index (χ3v) is 9.25. The minimum atomic E-state index is -5.02. The first-order chi connectivity index (χ1) is 17.2. The van der Waals surface area contributed by atoms with E-state index < -0.39 is 38.2 Å². The lowest BCUT2D eigenvalue weighted by molar-refractivity contribution is -0.113. The second-order valence-corrected chi connectivity index (χ2v) is 12.6. The van der Waals surface area contributed by atoms with Crippen molar-refractivity contribution >= 4 is 47.8 Å². The first-order valence-electron chi connectivity index (χ1n) is 10.4. The second-order valence-electron chi connectivity index (χ2n) is 7.76. The first kappa shape index (κ1) is 29.4. The van der Waals surface area contributed by atoms with Gasteiger partial charge in [-0.05, 0) is 24.5 Å². The first-order valence-corrected chi connectivity index (χ1v) is 14.7. The molecule has 37 heavy (non-hydrogen) atoms. The summed E-state index contributed by atoms with van der Waals surface area (Å²) in [6.45, 7) is -0.367. The summed E-state index contributed by atoms with van der Waals surface area (Å²) < 4.78 is 100. The molecule has 3 aromatic rings. The van der Waals surface area contributed by atoms with Gasteiger partial charge >= 0.3 is 12.4 Å². The fraction of sp³-hybridized carbons (Fsp3) is 0.450. The number of fused-ring (bicyclic) bond motifs is 1. The van der Waals surface area contributed by atoms with Crippen molar-refractivity contribution in [3.63, 3.8) is 0 Å². The molecule has 2 N–H and O–H groups in total. The number of methoxy groups -OCH3 is 1. The molecule has 204 valence electrons. The molecule has 0 unspecified atom stereocenters. The number of ether oxygens (including phenoxy) is 2. The van der Waals surface area contributed by atoms with Crippen molar-refractivity contribution in [3.05, 3.63) is 24.5 Å². The van der Waals surface area contributed by atoms with Crippen molar-refractivity contribution in [2.24, 2.45) is 0 Å². The number of alkyl halides is 6. The van der Waals surface area contributed by atoms with Gasteiger partial charge in [0.1, 0.15) is 29.8 Å². The summed E-state index contributed by atoms with van der Waals surface area (Å²) in [5.41, 5.74) is 6.55. The molecule has 0 fully saturated rings. The molecule has 0 atom stereocenters. The number of rotatable bonds is 11. The molecular weight excluding hydrogens is 567 g/mol. The number of hydrogen-bond donors (Lipinski definition) is 1. The number of thioether (sulfide) groups is 1. The van der Waals surface area contributed by atoms with Gasteiger partial charge in [-0.15, -0.1) is 11.8 Å². The van der Waals surface area contributed by atoms with Gasteiger partial charge < -0.3 is 24.3 Å². The lowest BCUT2D eigenvalue weighted by atomic mass is 10.3. The second kappa shape index (κ2) is 11.7. The van der Waals surface area contributed by atoms with Gasteiger partial charge in [0.25, 0.3) is 0 Å². The maximum atomic E-state index is 12.7. The van der Waals surface area contributed by atoms with Crippen LogP contribution >= 0.6 is 30.7 Å². The van der Waals surface area contributed by atoms with Crippen LogP contribution in [-0.2, 0) is 15.8 Å². The summed E-state index contributed by atoms with van der Waals surface area (Å²) in [5.74, 6) is 0.570. The van der Waals surface area contributed by atoms with Gasteiger partial charge in [0.15, 0.2) is 5.65 Å². The predicted molar refractivity (Wildman–Crippen MR) is 129 cm³/mol. The Balaban J connectivity index is 1.76. The van der Waals surface area contributed by atoms with Gasteiger partial charge in [-0.25, -0.2) is 9.97 Å². The van der Waals surface area contributed by atoms with Gasteiger partial charge in [-0.1, -0.05) is 11.8 Å². The number of hydrogen-bond acceptors (Lipinski definition) is 9. The predicted octanol–water partition coefficient (Wildman–Crippen LogP) is 5.75. The van der Waals surface area contributed by atoms with E-state index in [0.29, 0.717) is 21.9 Å². The van der Waals surface area contributed by atoms with Crippen LogP contribution in [0.5, 0.6) is 5.75 Å². The van der Waals surface area contributed by atoms with E-state index in [1.54, 1.807) is 0 Å². The van der Waals surface area contributed by atoms with Crippen LogP contribution in [0.25, 0.3) is 11.2 Å². The molecule has 0 spiro atoms. The number of nitrogen functional groups attached to an aromatic ring is 1. The minimum absolute atomic E-state index is 0.0374. The van der Waals surface area contributed by atoms with Gasteiger partial charge in [0.2, 0.25) is 5.95 Å². The molecule has 2 heterocycles. The molecule has 1 aromatic carbocycles. The summed E-state index contributed by atoms with van der Waals surface area (Å²) in [6.07, 6.45) is -12.0. The Labute approximate surface area is 216 Å². The highest BCUT2D eigenvalue weighted by Gasteiger charge is 2.46. The molecule has 3 rings (SSSR count). The number of benzene rings is 1. The summed E-state index contributed by atoms with van der Waals surface area (Å²) in [5, 5.41) is 0.436. The molecule has 0 saturated heterocycles. The van der Waals surface area contributed by atoms with E-state index in [1.165, 1.54) is 41.5 Å². The smallest absolute Gasteiger partial charge is 0.395 e. The number of nitrogens with two attached hydrogens (primary N) is 1. The van der Waals surface area contributed by atoms with E-state index in [4.69, 9.17) is 15.2 Å². The van der Waals surface area contributed by atoms with Gasteiger partial charge in [0.05, 0.1) is 32.4 Å². The SMILES string of the molecule is COc1ccc(SC)c(Sc2nc(N)nc3c2ncn3CCOCP(=O)(CC(F)(F)F)CC(F)(F)F)c1. The maximum absolute atomic E-state index is 12.7. The summed E-state index contributed by atoms with van der Waals surface area (Å²) in [4.78, 5) is 14.5. The average Bonchev–Trinajstić information content (AvgIpc) is 3.16. The molecule has 0 aliphatic heterocycles. The summed E-state index contributed by atoms with van der Waals surface area (Å²) >= 11 is 2.79. The number of anilines is 1. The van der Waals surface area contributed by atoms with E-state index in [-0.39, 0.29) is 19.1 Å². The number of aromatic nitrogens is 4. The molecule has 0 aliphatic carbocycles. The topological polar surface area (TPSA) is 105 Å². The van der Waals surface area contributed by atoms with E-state index in [9.17, 15) is 30.9 Å². The lowest BCUT2D eigenvalue weighted by Gasteiger charge is -2.21. The number of imidazole rings is 1. The fourth-order valence-corrected chi connectivity index (χ4v) is 7.17. The fourth-order valence-electron chi connectivity index (χ4n) is 3.33. The van der Waals surface area contributed by atoms with Crippen molar-refractivity contribution in [1.29, 1.82) is 0 Å². The number of nitrogens with zero attached hydrogens (tertiary/aromatic N) is 4. The van der Waals surface area contributed by atoms with Crippen LogP contribution in [0.1, 0.15) is 0 Å². The van der Waals surface area contributed by atoms with Crippen LogP contribution in [0.2, 0.25) is 0 Å². The molecule has 2 aromatic heterocycles. The molecule has 0 saturated carbocycles. The molecule has 8 nitrogen and oxygen atoms in total. The van der Waals surface area contributed by atoms with Crippen molar-refractivity contribution < 1.29 is 40.4 Å². The van der Waals surface area contributed by atoms with Crippen LogP contribution in [-0.4, -0.2) is 70.5 Å². The van der Waals surface area contributed by atoms with E-state index in [2.05, 4.69) is 15.0 Å². The Morgan fingerprint density at radius 2 is 1.76 bits per heavy atom. The monoisotopic (exact) mass is 589 g/mol. The normalized spacial score (nSPS) is 12.9. The zero-order valence-corrected chi connectivity index (χ0v) is 22.0. The lowest BCUT2D eigenvalue weighted by Crippen LogP contribution is -2.24. The van der Waals surface area contributed by atoms with Gasteiger partial charge in [0, 0.05) is 16.3 Å². The molecule has 0 radical (unpaired) electrons. The summed E-state index contributed by atoms with van der Waals surface area (Å²) in [7, 11) is -3.20. The van der Waals surface area contributed by atoms with Gasteiger partial charge in [-0.3, -0.25) is 0 Å². The standard InChI is InChI=1S/C20H22F6N5O3PS2/c1-33-12-3-4-13(36-2)14(7-12)37-17-15-16(29-18(27)30-17)31(10-28-15)5-6-34-11-35(32,8-19(21,22)23)9-20(24,25)26/h3-4,7,10H,5-6,8-9,11H2,1-2H3,(H2,27,29,30). The Morgan fingerprint density at radius 3 is 2.35 bits per heavy atom. The molecule has 0 bridgehead atoms. The Kier molecular flexibility index (Phi) is 9.30. The van der Waals surface area contributed by atoms with Crippen LogP contribution in [0.3, 0.4) is 0 Å². The van der Waals surface area contributed by atoms with E-state index in [0.717, 1.165) is 9.79 Å². The van der Waals surface area contributed by atoms with E-state index in [1.807, 2.05) is 24.5 Å². The van der Waals surface area contributed by atoms with Crippen molar-refractivity contribution in [2.75, 3.05) is 44.4 Å². The Bertz CT molecular complexity index is 1270. The number of halogens is 6. The largest absolute Gasteiger partial charge is 0.497 e. The van der Waals surface area contributed by atoms with Crippen LogP contribution in [0.15, 0.2) is 39.3 Å². The third-order valence-electron chi connectivity index (χ3n) is 4.76. The molecule has 0 aliphatic rings. The zero-order valence-electron chi connectivity index (χ0n) is 19.5. The average molecular weight is 590 g/mol. The molecule has 17 heteroatoms. The highest BCUT2D eigenvalue weighted by Crippen LogP contribution is 2.53. The van der Waals surface area contributed by atoms with E-state index >= 15 is 0 Å². The summed E-state index contributed by atoms with van der Waals surface area (Å²) in [6, 6.07) is 5.53. The maximum Gasteiger partial charge on any atom is 0.395 e. The van der Waals surface area contributed by atoms with Crippen LogP contribution < -0.4 is 10.5 Å². The van der Waals surface area contributed by atoms with Crippen LogP contribution in [0, 0.1) is 0 Å².